The van der Waals surface area contributed by atoms with Gasteiger partial charge >= 0.3 is 5.97 Å². The number of carbonyl (C=O) groups excluding carboxylic acids is 1. The van der Waals surface area contributed by atoms with Gasteiger partial charge in [0.2, 0.25) is 0 Å². The Morgan fingerprint density at radius 1 is 1.16 bits per heavy atom. The van der Waals surface area contributed by atoms with Crippen molar-refractivity contribution in [1.82, 2.24) is 0 Å². The van der Waals surface area contributed by atoms with Gasteiger partial charge in [-0.2, -0.15) is 0 Å². The predicted molar refractivity (Wildman–Crippen MR) is 75.8 cm³/mol. The van der Waals surface area contributed by atoms with Crippen LogP contribution in [0.25, 0.3) is 0 Å². The van der Waals surface area contributed by atoms with Crippen molar-refractivity contribution >= 4 is 5.97 Å². The van der Waals surface area contributed by atoms with Crippen LogP contribution in [-0.4, -0.2) is 18.7 Å². The van der Waals surface area contributed by atoms with Gasteiger partial charge in [-0.3, -0.25) is 0 Å². The SMILES string of the molecule is CCOC(=O)C(OC(C)CC(C)C)c1ccccc1. The highest BCUT2D eigenvalue weighted by molar-refractivity contribution is 5.76. The Kier molecular flexibility index (Phi) is 6.57. The van der Waals surface area contributed by atoms with Gasteiger partial charge in [0.05, 0.1) is 12.7 Å². The zero-order valence-corrected chi connectivity index (χ0v) is 12.3. The first-order valence-electron chi connectivity index (χ1n) is 6.91. The van der Waals surface area contributed by atoms with E-state index in [1.54, 1.807) is 6.92 Å². The van der Waals surface area contributed by atoms with Crippen LogP contribution in [0.2, 0.25) is 0 Å². The van der Waals surface area contributed by atoms with E-state index >= 15 is 0 Å². The molecule has 1 aromatic rings. The Labute approximate surface area is 115 Å². The molecule has 2 atom stereocenters. The highest BCUT2D eigenvalue weighted by atomic mass is 16.6. The number of carbonyl (C=O) groups is 1. The lowest BCUT2D eigenvalue weighted by molar-refractivity contribution is -0.161. The van der Waals surface area contributed by atoms with E-state index in [2.05, 4.69) is 13.8 Å². The summed E-state index contributed by atoms with van der Waals surface area (Å²) in [5.74, 6) is 0.220. The van der Waals surface area contributed by atoms with Crippen LogP contribution in [0, 0.1) is 5.92 Å². The van der Waals surface area contributed by atoms with E-state index in [1.807, 2.05) is 37.3 Å². The normalized spacial score (nSPS) is 14.2. The van der Waals surface area contributed by atoms with Crippen LogP contribution in [0.1, 0.15) is 45.8 Å². The van der Waals surface area contributed by atoms with E-state index in [9.17, 15) is 4.79 Å². The molecule has 1 aromatic carbocycles. The second-order valence-corrected chi connectivity index (χ2v) is 5.12. The Hall–Kier alpha value is -1.35. The number of rotatable bonds is 7. The predicted octanol–water partition coefficient (Wildman–Crippen LogP) is 3.74. The monoisotopic (exact) mass is 264 g/mol. The fourth-order valence-electron chi connectivity index (χ4n) is 2.07. The zero-order valence-electron chi connectivity index (χ0n) is 12.3. The first kappa shape index (κ1) is 15.7. The van der Waals surface area contributed by atoms with Gasteiger partial charge in [-0.1, -0.05) is 44.2 Å². The van der Waals surface area contributed by atoms with Gasteiger partial charge in [-0.25, -0.2) is 4.79 Å². The molecule has 0 aliphatic rings. The van der Waals surface area contributed by atoms with Crippen LogP contribution in [0.3, 0.4) is 0 Å². The van der Waals surface area contributed by atoms with Crippen LogP contribution < -0.4 is 0 Å². The van der Waals surface area contributed by atoms with Crippen LogP contribution in [0.5, 0.6) is 0 Å². The average Bonchev–Trinajstić information content (AvgIpc) is 2.36. The summed E-state index contributed by atoms with van der Waals surface area (Å²) in [6, 6.07) is 9.51. The molecule has 0 radical (unpaired) electrons. The van der Waals surface area contributed by atoms with Crippen molar-refractivity contribution in [2.45, 2.75) is 46.3 Å². The molecule has 0 saturated carbocycles. The van der Waals surface area contributed by atoms with E-state index < -0.39 is 6.10 Å². The molecule has 3 nitrogen and oxygen atoms in total. The Balaban J connectivity index is 2.78. The number of esters is 1. The van der Waals surface area contributed by atoms with Crippen molar-refractivity contribution in [3.05, 3.63) is 35.9 Å². The third-order valence-corrected chi connectivity index (χ3v) is 2.77. The number of benzene rings is 1. The molecular weight excluding hydrogens is 240 g/mol. The molecule has 0 bridgehead atoms. The van der Waals surface area contributed by atoms with Gasteiger partial charge in [0.15, 0.2) is 6.10 Å². The zero-order chi connectivity index (χ0) is 14.3. The summed E-state index contributed by atoms with van der Waals surface area (Å²) in [5.41, 5.74) is 0.844. The molecule has 0 amide bonds. The summed E-state index contributed by atoms with van der Waals surface area (Å²) >= 11 is 0. The molecule has 0 fully saturated rings. The quantitative estimate of drug-likeness (QED) is 0.704. The Bertz CT molecular complexity index is 373. The summed E-state index contributed by atoms with van der Waals surface area (Å²) in [4.78, 5) is 12.0. The maximum atomic E-state index is 12.0. The molecule has 0 aliphatic heterocycles. The molecule has 0 aliphatic carbocycles. The molecule has 1 rings (SSSR count). The van der Waals surface area contributed by atoms with E-state index in [4.69, 9.17) is 9.47 Å². The van der Waals surface area contributed by atoms with Gasteiger partial charge in [0.25, 0.3) is 0 Å². The lowest BCUT2D eigenvalue weighted by Gasteiger charge is -2.22. The van der Waals surface area contributed by atoms with Gasteiger partial charge in [0, 0.05) is 0 Å². The van der Waals surface area contributed by atoms with Crippen molar-refractivity contribution in [1.29, 1.82) is 0 Å². The number of hydrogen-bond donors (Lipinski definition) is 0. The largest absolute Gasteiger partial charge is 0.464 e. The van der Waals surface area contributed by atoms with Gasteiger partial charge in [-0.05, 0) is 31.7 Å². The highest BCUT2D eigenvalue weighted by Gasteiger charge is 2.25. The summed E-state index contributed by atoms with van der Waals surface area (Å²) < 4.78 is 11.0. The first-order valence-corrected chi connectivity index (χ1v) is 6.91. The third kappa shape index (κ3) is 5.43. The minimum absolute atomic E-state index is 0.0228. The molecule has 106 valence electrons. The van der Waals surface area contributed by atoms with E-state index in [1.165, 1.54) is 0 Å². The van der Waals surface area contributed by atoms with E-state index in [0.29, 0.717) is 12.5 Å². The summed E-state index contributed by atoms with van der Waals surface area (Å²) in [6.45, 7) is 8.44. The van der Waals surface area contributed by atoms with Crippen molar-refractivity contribution in [3.8, 4) is 0 Å². The Morgan fingerprint density at radius 2 is 1.79 bits per heavy atom. The van der Waals surface area contributed by atoms with E-state index in [-0.39, 0.29) is 12.1 Å². The fourth-order valence-corrected chi connectivity index (χ4v) is 2.07. The van der Waals surface area contributed by atoms with Gasteiger partial charge in [-0.15, -0.1) is 0 Å². The Morgan fingerprint density at radius 3 is 2.32 bits per heavy atom. The second-order valence-electron chi connectivity index (χ2n) is 5.12. The standard InChI is InChI=1S/C16H24O3/c1-5-18-16(17)15(14-9-7-6-8-10-14)19-13(4)11-12(2)3/h6-10,12-13,15H,5,11H2,1-4H3. The summed E-state index contributed by atoms with van der Waals surface area (Å²) in [7, 11) is 0. The third-order valence-electron chi connectivity index (χ3n) is 2.77. The van der Waals surface area contributed by atoms with Crippen LogP contribution in [0.4, 0.5) is 0 Å². The van der Waals surface area contributed by atoms with Gasteiger partial charge in [0.1, 0.15) is 0 Å². The maximum absolute atomic E-state index is 12.0. The van der Waals surface area contributed by atoms with Crippen LogP contribution in [0.15, 0.2) is 30.3 Å². The smallest absolute Gasteiger partial charge is 0.339 e. The fraction of sp³-hybridized carbons (Fsp3) is 0.562. The molecule has 0 heterocycles. The van der Waals surface area contributed by atoms with Crippen molar-refractivity contribution in [3.63, 3.8) is 0 Å². The molecular formula is C16H24O3. The van der Waals surface area contributed by atoms with Crippen LogP contribution >= 0.6 is 0 Å². The minimum Gasteiger partial charge on any atom is -0.464 e. The summed E-state index contributed by atoms with van der Waals surface area (Å²) in [5, 5.41) is 0. The molecule has 3 heteroatoms. The average molecular weight is 264 g/mol. The molecule has 0 spiro atoms. The molecule has 19 heavy (non-hydrogen) atoms. The first-order chi connectivity index (χ1) is 9.04. The number of ether oxygens (including phenoxy) is 2. The summed E-state index contributed by atoms with van der Waals surface area (Å²) in [6.07, 6.45) is 0.312. The second kappa shape index (κ2) is 7.95. The topological polar surface area (TPSA) is 35.5 Å². The van der Waals surface area contributed by atoms with Crippen LogP contribution in [-0.2, 0) is 14.3 Å². The van der Waals surface area contributed by atoms with Crippen molar-refractivity contribution < 1.29 is 14.3 Å². The highest BCUT2D eigenvalue weighted by Crippen LogP contribution is 2.23. The number of hydrogen-bond acceptors (Lipinski definition) is 3. The molecule has 2 unspecified atom stereocenters. The molecule has 0 N–H and O–H groups in total. The van der Waals surface area contributed by atoms with Crippen molar-refractivity contribution in [2.75, 3.05) is 6.61 Å². The van der Waals surface area contributed by atoms with Gasteiger partial charge < -0.3 is 9.47 Å². The maximum Gasteiger partial charge on any atom is 0.339 e. The lowest BCUT2D eigenvalue weighted by Crippen LogP contribution is -2.24. The molecule has 0 saturated heterocycles. The van der Waals surface area contributed by atoms with Crippen molar-refractivity contribution in [2.24, 2.45) is 5.92 Å². The van der Waals surface area contributed by atoms with E-state index in [0.717, 1.165) is 12.0 Å². The molecule has 0 aromatic heterocycles. The lowest BCUT2D eigenvalue weighted by atomic mass is 10.1. The minimum atomic E-state index is -0.630.